The Kier molecular flexibility index (Phi) is 9.61. The van der Waals surface area contributed by atoms with E-state index in [2.05, 4.69) is 63.5 Å². The number of ketones is 1. The van der Waals surface area contributed by atoms with Gasteiger partial charge < -0.3 is 5.11 Å². The minimum Gasteiger partial charge on any atom is -0.515 e. The van der Waals surface area contributed by atoms with Crippen molar-refractivity contribution < 1.29 is 9.90 Å². The first-order valence-corrected chi connectivity index (χ1v) is 12.5. The Hall–Kier alpha value is -2.94. The van der Waals surface area contributed by atoms with E-state index >= 15 is 0 Å². The summed E-state index contributed by atoms with van der Waals surface area (Å²) in [4.78, 5) is 16.9. The molecule has 182 valence electrons. The van der Waals surface area contributed by atoms with Gasteiger partial charge in [-0.2, -0.15) is 0 Å². The van der Waals surface area contributed by atoms with Crippen LogP contribution in [0.2, 0.25) is 0 Å². The number of allylic oxidation sites excluding steroid dienone is 3. The van der Waals surface area contributed by atoms with Crippen molar-refractivity contribution in [2.24, 2.45) is 0 Å². The summed E-state index contributed by atoms with van der Waals surface area (Å²) >= 11 is 0. The lowest BCUT2D eigenvalue weighted by Gasteiger charge is -2.32. The highest BCUT2D eigenvalue weighted by atomic mass is 16.2. The van der Waals surface area contributed by atoms with Gasteiger partial charge in [0.05, 0.1) is 12.0 Å². The van der Waals surface area contributed by atoms with E-state index in [1.165, 1.54) is 16.7 Å². The van der Waals surface area contributed by atoms with Crippen LogP contribution in [0.1, 0.15) is 100 Å². The summed E-state index contributed by atoms with van der Waals surface area (Å²) in [7, 11) is 0. The highest BCUT2D eigenvalue weighted by Crippen LogP contribution is 2.40. The molecule has 1 atom stereocenters. The first-order valence-electron chi connectivity index (χ1n) is 12.5. The summed E-state index contributed by atoms with van der Waals surface area (Å²) in [5, 5.41) is 9.51. The third-order valence-electron chi connectivity index (χ3n) is 6.51. The Morgan fingerprint density at radius 2 is 1.94 bits per heavy atom. The Balaban J connectivity index is 0.00000199. The number of pyridine rings is 1. The van der Waals surface area contributed by atoms with E-state index in [1.807, 2.05) is 32.9 Å². The van der Waals surface area contributed by atoms with Gasteiger partial charge in [-0.25, -0.2) is 0 Å². The van der Waals surface area contributed by atoms with E-state index in [1.54, 1.807) is 6.20 Å². The maximum atomic E-state index is 12.3. The normalized spacial score (nSPS) is 16.3. The van der Waals surface area contributed by atoms with Crippen molar-refractivity contribution in [1.29, 1.82) is 0 Å². The van der Waals surface area contributed by atoms with Gasteiger partial charge >= 0.3 is 0 Å². The Bertz CT molecular complexity index is 1070. The average Bonchev–Trinajstić information content (AvgIpc) is 2.84. The molecular formula is C31H41NO2. The quantitative estimate of drug-likeness (QED) is 0.246. The van der Waals surface area contributed by atoms with Crippen LogP contribution < -0.4 is 0 Å². The number of nitrogens with zero attached hydrogens (tertiary/aromatic N) is 1. The molecule has 1 heterocycles. The molecular weight excluding hydrogens is 418 g/mol. The van der Waals surface area contributed by atoms with Gasteiger partial charge in [-0.15, -0.1) is 0 Å². The van der Waals surface area contributed by atoms with E-state index < -0.39 is 0 Å². The SMILES string of the molecule is C=C(c1ccc(C/C(=C\O)C(=O)CCCC)cn1)c1cc2c(cc1C)C(C)(C)C=CC2C.CC. The highest BCUT2D eigenvalue weighted by molar-refractivity contribution is 5.95. The van der Waals surface area contributed by atoms with E-state index in [4.69, 9.17) is 0 Å². The first-order chi connectivity index (χ1) is 16.2. The summed E-state index contributed by atoms with van der Waals surface area (Å²) in [6.45, 7) is 19.3. The van der Waals surface area contributed by atoms with Crippen molar-refractivity contribution in [2.45, 2.75) is 85.5 Å². The van der Waals surface area contributed by atoms with Gasteiger partial charge in [0.1, 0.15) is 0 Å². The Labute approximate surface area is 206 Å². The van der Waals surface area contributed by atoms with Crippen molar-refractivity contribution in [3.05, 3.63) is 94.5 Å². The summed E-state index contributed by atoms with van der Waals surface area (Å²) < 4.78 is 0. The standard InChI is InChI=1S/C29H35NO2.C2H6/c1-7-8-9-28(32)23(18-31)15-22-10-11-27(30-17-22)21(4)24-16-25-19(2)12-13-29(5,6)26(25)14-20(24)3;1-2/h10-14,16-19,31H,4,7-9,15H2,1-3,5-6H3;1-2H3/b23-18+;. The number of fused-ring (bicyclic) bond motifs is 1. The van der Waals surface area contributed by atoms with Gasteiger partial charge in [0.15, 0.2) is 5.78 Å². The number of hydrogen-bond acceptors (Lipinski definition) is 3. The van der Waals surface area contributed by atoms with Crippen molar-refractivity contribution in [1.82, 2.24) is 4.98 Å². The molecule has 0 saturated heterocycles. The number of carbonyl (C=O) groups is 1. The van der Waals surface area contributed by atoms with Crippen LogP contribution in [-0.4, -0.2) is 15.9 Å². The number of Topliss-reactive ketones (excluding diaryl/α,β-unsaturated/α-hetero) is 1. The zero-order valence-electron chi connectivity index (χ0n) is 22.0. The molecule has 0 saturated carbocycles. The molecule has 0 aliphatic heterocycles. The molecule has 3 nitrogen and oxygen atoms in total. The maximum Gasteiger partial charge on any atom is 0.162 e. The number of aryl methyl sites for hydroxylation is 1. The van der Waals surface area contributed by atoms with Crippen LogP contribution in [0.25, 0.3) is 5.57 Å². The van der Waals surface area contributed by atoms with Gasteiger partial charge in [-0.1, -0.05) is 78.8 Å². The van der Waals surface area contributed by atoms with Gasteiger partial charge in [0.25, 0.3) is 0 Å². The monoisotopic (exact) mass is 459 g/mol. The molecule has 2 aromatic rings. The smallest absolute Gasteiger partial charge is 0.162 e. The number of aliphatic hydroxyl groups excluding tert-OH is 1. The molecule has 1 aliphatic rings. The zero-order valence-corrected chi connectivity index (χ0v) is 22.0. The van der Waals surface area contributed by atoms with E-state index in [-0.39, 0.29) is 11.2 Å². The summed E-state index contributed by atoms with van der Waals surface area (Å²) in [6.07, 6.45) is 9.94. The Morgan fingerprint density at radius 3 is 2.53 bits per heavy atom. The molecule has 1 N–H and O–H groups in total. The second-order valence-corrected chi connectivity index (χ2v) is 9.51. The predicted octanol–water partition coefficient (Wildman–Crippen LogP) is 8.17. The second-order valence-electron chi connectivity index (χ2n) is 9.51. The molecule has 0 spiro atoms. The molecule has 1 aromatic heterocycles. The third-order valence-corrected chi connectivity index (χ3v) is 6.51. The molecule has 1 aliphatic carbocycles. The lowest BCUT2D eigenvalue weighted by atomic mass is 9.72. The molecule has 3 rings (SSSR count). The van der Waals surface area contributed by atoms with Crippen LogP contribution in [-0.2, 0) is 16.6 Å². The van der Waals surface area contributed by atoms with E-state index in [0.717, 1.165) is 41.5 Å². The van der Waals surface area contributed by atoms with Crippen molar-refractivity contribution in [3.8, 4) is 0 Å². The predicted molar refractivity (Wildman–Crippen MR) is 144 cm³/mol. The average molecular weight is 460 g/mol. The van der Waals surface area contributed by atoms with E-state index in [9.17, 15) is 9.90 Å². The van der Waals surface area contributed by atoms with Gasteiger partial charge in [-0.05, 0) is 59.2 Å². The van der Waals surface area contributed by atoms with Crippen molar-refractivity contribution in [2.75, 3.05) is 0 Å². The van der Waals surface area contributed by atoms with Crippen LogP contribution >= 0.6 is 0 Å². The minimum atomic E-state index is -0.00128. The fourth-order valence-electron chi connectivity index (χ4n) is 4.34. The van der Waals surface area contributed by atoms with Gasteiger partial charge in [0, 0.05) is 35.6 Å². The van der Waals surface area contributed by atoms with Gasteiger partial charge in [-0.3, -0.25) is 9.78 Å². The van der Waals surface area contributed by atoms with Crippen molar-refractivity contribution in [3.63, 3.8) is 0 Å². The minimum absolute atomic E-state index is 0.00128. The summed E-state index contributed by atoms with van der Waals surface area (Å²) in [5.74, 6) is 0.369. The van der Waals surface area contributed by atoms with Crippen LogP contribution in [0.3, 0.4) is 0 Å². The number of hydrogen-bond donors (Lipinski definition) is 1. The van der Waals surface area contributed by atoms with E-state index in [0.29, 0.717) is 24.3 Å². The topological polar surface area (TPSA) is 50.2 Å². The fraction of sp³-hybridized carbons (Fsp3) is 0.419. The molecule has 0 radical (unpaired) electrons. The Morgan fingerprint density at radius 1 is 1.24 bits per heavy atom. The van der Waals surface area contributed by atoms with Crippen LogP contribution in [0.5, 0.6) is 0 Å². The molecule has 0 bridgehead atoms. The van der Waals surface area contributed by atoms with Crippen LogP contribution in [0, 0.1) is 6.92 Å². The molecule has 0 amide bonds. The number of aliphatic hydroxyl groups is 1. The lowest BCUT2D eigenvalue weighted by Crippen LogP contribution is -2.21. The van der Waals surface area contributed by atoms with Crippen molar-refractivity contribution >= 4 is 11.4 Å². The largest absolute Gasteiger partial charge is 0.515 e. The highest BCUT2D eigenvalue weighted by Gasteiger charge is 2.27. The molecule has 1 aromatic carbocycles. The number of benzene rings is 1. The number of unbranched alkanes of at least 4 members (excludes halogenated alkanes) is 1. The van der Waals surface area contributed by atoms with Crippen LogP contribution in [0.4, 0.5) is 0 Å². The second kappa shape index (κ2) is 12.0. The van der Waals surface area contributed by atoms with Gasteiger partial charge in [0.2, 0.25) is 0 Å². The molecule has 1 unspecified atom stereocenters. The maximum absolute atomic E-state index is 12.3. The third kappa shape index (κ3) is 6.14. The molecule has 34 heavy (non-hydrogen) atoms. The first kappa shape index (κ1) is 27.3. The number of rotatable bonds is 8. The summed E-state index contributed by atoms with van der Waals surface area (Å²) in [6, 6.07) is 8.49. The lowest BCUT2D eigenvalue weighted by molar-refractivity contribution is -0.115. The fourth-order valence-corrected chi connectivity index (χ4v) is 4.34. The molecule has 3 heteroatoms. The summed E-state index contributed by atoms with van der Waals surface area (Å²) in [5.41, 5.74) is 8.11. The number of carbonyl (C=O) groups excluding carboxylic acids is 1. The van der Waals surface area contributed by atoms with Crippen LogP contribution in [0.15, 0.2) is 61.0 Å². The molecule has 0 fully saturated rings. The zero-order chi connectivity index (χ0) is 25.5. The number of aromatic nitrogens is 1.